The van der Waals surface area contributed by atoms with Gasteiger partial charge in [-0.15, -0.1) is 0 Å². The molecule has 0 amide bonds. The van der Waals surface area contributed by atoms with E-state index < -0.39 is 0 Å². The molecule has 3 rings (SSSR count). The molecule has 2 aromatic heterocycles. The average Bonchev–Trinajstić information content (AvgIpc) is 2.88. The molecule has 0 fully saturated rings. The van der Waals surface area contributed by atoms with Crippen LogP contribution in [0.1, 0.15) is 43.4 Å². The lowest BCUT2D eigenvalue weighted by atomic mass is 9.95. The van der Waals surface area contributed by atoms with Crippen molar-refractivity contribution in [3.8, 4) is 5.69 Å². The summed E-state index contributed by atoms with van der Waals surface area (Å²) in [5.41, 5.74) is 12.0. The van der Waals surface area contributed by atoms with E-state index in [9.17, 15) is 0 Å². The molecule has 3 aromatic rings. The maximum atomic E-state index is 5.66. The van der Waals surface area contributed by atoms with Gasteiger partial charge in [-0.1, -0.05) is 32.9 Å². The van der Waals surface area contributed by atoms with Crippen molar-refractivity contribution >= 4 is 11.2 Å². The van der Waals surface area contributed by atoms with Gasteiger partial charge in [0.05, 0.1) is 0 Å². The van der Waals surface area contributed by atoms with Crippen LogP contribution in [-0.2, 0) is 11.8 Å². The zero-order valence-corrected chi connectivity index (χ0v) is 15.2. The lowest BCUT2D eigenvalue weighted by Crippen LogP contribution is -2.18. The average molecular weight is 322 g/mol. The Morgan fingerprint density at radius 3 is 2.29 bits per heavy atom. The first-order valence-corrected chi connectivity index (χ1v) is 8.48. The molecule has 0 saturated heterocycles. The zero-order chi connectivity index (χ0) is 17.5. The van der Waals surface area contributed by atoms with Crippen molar-refractivity contribution in [2.75, 3.05) is 6.54 Å². The third-order valence-electron chi connectivity index (χ3n) is 4.23. The zero-order valence-electron chi connectivity index (χ0n) is 15.2. The van der Waals surface area contributed by atoms with Crippen molar-refractivity contribution in [1.29, 1.82) is 0 Å². The third-order valence-corrected chi connectivity index (χ3v) is 4.23. The van der Waals surface area contributed by atoms with Gasteiger partial charge in [-0.3, -0.25) is 4.57 Å². The van der Waals surface area contributed by atoms with Crippen LogP contribution in [0.5, 0.6) is 0 Å². The summed E-state index contributed by atoms with van der Waals surface area (Å²) in [6.45, 7) is 11.4. The number of hydrogen-bond donors (Lipinski definition) is 1. The predicted octanol–water partition coefficient (Wildman–Crippen LogP) is 3.84. The first-order valence-electron chi connectivity index (χ1n) is 8.48. The lowest BCUT2D eigenvalue weighted by molar-refractivity contribution is 0.538. The van der Waals surface area contributed by atoms with Gasteiger partial charge >= 0.3 is 0 Å². The summed E-state index contributed by atoms with van der Waals surface area (Å²) in [5, 5.41) is 0. The highest BCUT2D eigenvalue weighted by Crippen LogP contribution is 2.30. The number of pyridine rings is 1. The van der Waals surface area contributed by atoms with Crippen molar-refractivity contribution in [3.05, 3.63) is 53.0 Å². The van der Waals surface area contributed by atoms with Gasteiger partial charge in [-0.05, 0) is 56.1 Å². The second-order valence-electron chi connectivity index (χ2n) is 7.48. The normalized spacial score (nSPS) is 12.1. The number of fused-ring (bicyclic) bond motifs is 1. The molecule has 2 heterocycles. The van der Waals surface area contributed by atoms with Crippen molar-refractivity contribution in [3.63, 3.8) is 0 Å². The Kier molecular flexibility index (Phi) is 4.18. The van der Waals surface area contributed by atoms with E-state index in [1.165, 1.54) is 11.1 Å². The van der Waals surface area contributed by atoms with Gasteiger partial charge in [0, 0.05) is 16.8 Å². The molecule has 4 nitrogen and oxygen atoms in total. The fraction of sp³-hybridized carbons (Fsp3) is 0.400. The minimum Gasteiger partial charge on any atom is -0.330 e. The number of rotatable bonds is 3. The van der Waals surface area contributed by atoms with Crippen molar-refractivity contribution in [1.82, 2.24) is 14.5 Å². The molecule has 0 saturated carbocycles. The lowest BCUT2D eigenvalue weighted by Gasteiger charge is -2.20. The van der Waals surface area contributed by atoms with Crippen LogP contribution < -0.4 is 5.73 Å². The van der Waals surface area contributed by atoms with Crippen molar-refractivity contribution < 1.29 is 0 Å². The molecule has 0 atom stereocenters. The molecule has 1 aromatic carbocycles. The monoisotopic (exact) mass is 322 g/mol. The van der Waals surface area contributed by atoms with E-state index in [2.05, 4.69) is 62.6 Å². The Labute approximate surface area is 143 Å². The Balaban J connectivity index is 2.28. The van der Waals surface area contributed by atoms with E-state index >= 15 is 0 Å². The molecule has 0 aliphatic heterocycles. The highest BCUT2D eigenvalue weighted by atomic mass is 15.1. The summed E-state index contributed by atoms with van der Waals surface area (Å²) in [6, 6.07) is 10.7. The SMILES string of the molecule is Cc1cc(C)c2nc(C(C)(C)C)n(-c3ccc(CCN)cc3)c2n1. The van der Waals surface area contributed by atoms with Gasteiger partial charge < -0.3 is 5.73 Å². The first-order chi connectivity index (χ1) is 11.3. The van der Waals surface area contributed by atoms with E-state index in [-0.39, 0.29) is 5.41 Å². The molecule has 24 heavy (non-hydrogen) atoms. The number of aromatic nitrogens is 3. The van der Waals surface area contributed by atoms with E-state index in [1.54, 1.807) is 0 Å². The first kappa shape index (κ1) is 16.7. The molecule has 126 valence electrons. The van der Waals surface area contributed by atoms with Gasteiger partial charge in [0.2, 0.25) is 0 Å². The molecule has 0 aliphatic rings. The Hall–Kier alpha value is -2.20. The van der Waals surface area contributed by atoms with Crippen LogP contribution in [0.25, 0.3) is 16.9 Å². The number of nitrogens with zero attached hydrogens (tertiary/aromatic N) is 3. The molecular formula is C20H26N4. The minimum atomic E-state index is -0.0724. The highest BCUT2D eigenvalue weighted by Gasteiger charge is 2.25. The molecule has 0 aliphatic carbocycles. The smallest absolute Gasteiger partial charge is 0.165 e. The molecule has 0 spiro atoms. The summed E-state index contributed by atoms with van der Waals surface area (Å²) < 4.78 is 2.20. The fourth-order valence-corrected chi connectivity index (χ4v) is 3.09. The molecule has 0 radical (unpaired) electrons. The topological polar surface area (TPSA) is 56.7 Å². The molecule has 0 unspecified atom stereocenters. The summed E-state index contributed by atoms with van der Waals surface area (Å²) in [6.07, 6.45) is 0.896. The summed E-state index contributed by atoms with van der Waals surface area (Å²) >= 11 is 0. The van der Waals surface area contributed by atoms with Crippen LogP contribution in [0.15, 0.2) is 30.3 Å². The minimum absolute atomic E-state index is 0.0724. The second kappa shape index (κ2) is 6.02. The van der Waals surface area contributed by atoms with E-state index in [0.717, 1.165) is 34.8 Å². The number of benzene rings is 1. The molecule has 4 heteroatoms. The summed E-state index contributed by atoms with van der Waals surface area (Å²) in [7, 11) is 0. The maximum Gasteiger partial charge on any atom is 0.165 e. The van der Waals surface area contributed by atoms with Gasteiger partial charge in [0.1, 0.15) is 11.3 Å². The second-order valence-corrected chi connectivity index (χ2v) is 7.48. The van der Waals surface area contributed by atoms with Crippen LogP contribution in [-0.4, -0.2) is 21.1 Å². The number of imidazole rings is 1. The molecular weight excluding hydrogens is 296 g/mol. The van der Waals surface area contributed by atoms with E-state index in [0.29, 0.717) is 6.54 Å². The Morgan fingerprint density at radius 2 is 1.71 bits per heavy atom. The standard InChI is InChI=1S/C20H26N4/c1-13-12-14(2)22-18-17(13)23-19(20(3,4)5)24(18)16-8-6-15(7-9-16)10-11-21/h6-9,12H,10-11,21H2,1-5H3. The van der Waals surface area contributed by atoms with Crippen LogP contribution in [0.4, 0.5) is 0 Å². The van der Waals surface area contributed by atoms with Crippen LogP contribution in [0.3, 0.4) is 0 Å². The van der Waals surface area contributed by atoms with Gasteiger partial charge in [-0.2, -0.15) is 0 Å². The maximum absolute atomic E-state index is 5.66. The van der Waals surface area contributed by atoms with Gasteiger partial charge in [0.25, 0.3) is 0 Å². The van der Waals surface area contributed by atoms with E-state index in [1.807, 2.05) is 6.92 Å². The number of aryl methyl sites for hydroxylation is 2. The van der Waals surface area contributed by atoms with Crippen LogP contribution in [0.2, 0.25) is 0 Å². The van der Waals surface area contributed by atoms with Crippen molar-refractivity contribution in [2.24, 2.45) is 5.73 Å². The highest BCUT2D eigenvalue weighted by molar-refractivity contribution is 5.78. The van der Waals surface area contributed by atoms with Gasteiger partial charge in [-0.25, -0.2) is 9.97 Å². The van der Waals surface area contributed by atoms with Gasteiger partial charge in [0.15, 0.2) is 5.65 Å². The van der Waals surface area contributed by atoms with E-state index in [4.69, 9.17) is 15.7 Å². The summed E-state index contributed by atoms with van der Waals surface area (Å²) in [4.78, 5) is 9.73. The fourth-order valence-electron chi connectivity index (χ4n) is 3.09. The number of hydrogen-bond acceptors (Lipinski definition) is 3. The Morgan fingerprint density at radius 1 is 1.04 bits per heavy atom. The van der Waals surface area contributed by atoms with Crippen molar-refractivity contribution in [2.45, 2.75) is 46.5 Å². The summed E-state index contributed by atoms with van der Waals surface area (Å²) in [5.74, 6) is 1.03. The van der Waals surface area contributed by atoms with Crippen LogP contribution in [0, 0.1) is 13.8 Å². The Bertz CT molecular complexity index is 867. The predicted molar refractivity (Wildman–Crippen MR) is 99.8 cm³/mol. The molecule has 0 bridgehead atoms. The third kappa shape index (κ3) is 2.94. The number of nitrogens with two attached hydrogens (primary N) is 1. The largest absolute Gasteiger partial charge is 0.330 e. The quantitative estimate of drug-likeness (QED) is 0.797. The molecule has 2 N–H and O–H groups in total. The van der Waals surface area contributed by atoms with Crippen LogP contribution >= 0.6 is 0 Å².